The van der Waals surface area contributed by atoms with Crippen LogP contribution < -0.4 is 0 Å². The third-order valence-electron chi connectivity index (χ3n) is 3.99. The molecule has 120 valence electrons. The molecule has 2 rings (SSSR count). The molecule has 2 aromatic rings. The van der Waals surface area contributed by atoms with Crippen LogP contribution in [0, 0.1) is 13.8 Å². The first-order valence-corrected chi connectivity index (χ1v) is 9.08. The van der Waals surface area contributed by atoms with Gasteiger partial charge in [0.25, 0.3) is 0 Å². The highest BCUT2D eigenvalue weighted by atomic mass is 32.2. The zero-order valence-electron chi connectivity index (χ0n) is 14.2. The summed E-state index contributed by atoms with van der Waals surface area (Å²) in [5, 5.41) is 0.860. The van der Waals surface area contributed by atoms with Gasteiger partial charge < -0.3 is 0 Å². The number of benzene rings is 2. The van der Waals surface area contributed by atoms with E-state index in [1.807, 2.05) is 23.9 Å². The summed E-state index contributed by atoms with van der Waals surface area (Å²) >= 11 is 2.01. The third kappa shape index (κ3) is 5.14. The summed E-state index contributed by atoms with van der Waals surface area (Å²) in [6.45, 7) is 12.2. The molecule has 0 aliphatic carbocycles. The average Bonchev–Trinajstić information content (AvgIpc) is 2.55. The summed E-state index contributed by atoms with van der Waals surface area (Å²) in [5.41, 5.74) is 5.36. The zero-order chi connectivity index (χ0) is 16.7. The van der Waals surface area contributed by atoms with Crippen molar-refractivity contribution in [3.63, 3.8) is 0 Å². The van der Waals surface area contributed by atoms with Crippen LogP contribution in [0.5, 0.6) is 0 Å². The normalized spacial score (nSPS) is 13.3. The molecule has 0 aliphatic heterocycles. The van der Waals surface area contributed by atoms with E-state index in [9.17, 15) is 0 Å². The van der Waals surface area contributed by atoms with E-state index in [0.717, 1.165) is 12.8 Å². The van der Waals surface area contributed by atoms with Crippen molar-refractivity contribution in [2.24, 2.45) is 0 Å². The van der Waals surface area contributed by atoms with Crippen LogP contribution in [0.3, 0.4) is 0 Å². The van der Waals surface area contributed by atoms with Gasteiger partial charge in [0.2, 0.25) is 0 Å². The average molecular weight is 323 g/mol. The van der Waals surface area contributed by atoms with Gasteiger partial charge in [-0.3, -0.25) is 0 Å². The summed E-state index contributed by atoms with van der Waals surface area (Å²) in [6, 6.07) is 17.8. The Morgan fingerprint density at radius 1 is 0.739 bits per heavy atom. The molecule has 0 nitrogen and oxygen atoms in total. The van der Waals surface area contributed by atoms with Gasteiger partial charge >= 0.3 is 0 Å². The van der Waals surface area contributed by atoms with Crippen molar-refractivity contribution in [3.8, 4) is 0 Å². The summed E-state index contributed by atoms with van der Waals surface area (Å²) in [4.78, 5) is 0. The Bertz CT molecular complexity index is 565. The predicted octanol–water partition coefficient (Wildman–Crippen LogP) is 6.97. The van der Waals surface area contributed by atoms with Gasteiger partial charge in [-0.25, -0.2) is 0 Å². The first kappa shape index (κ1) is 17.6. The lowest BCUT2D eigenvalue weighted by Crippen LogP contribution is -2.00. The Hall–Kier alpha value is -1.73. The minimum atomic E-state index is 0.430. The highest BCUT2D eigenvalue weighted by molar-refractivity contribution is 7.99. The smallest absolute Gasteiger partial charge is 0.0337 e. The Morgan fingerprint density at radius 2 is 1.09 bits per heavy atom. The van der Waals surface area contributed by atoms with Gasteiger partial charge in [-0.2, -0.15) is 0 Å². The largest absolute Gasteiger partial charge is 0.145 e. The Balaban J connectivity index is 2.23. The van der Waals surface area contributed by atoms with Gasteiger partial charge in [0.1, 0.15) is 0 Å². The van der Waals surface area contributed by atoms with Gasteiger partial charge in [0, 0.05) is 10.5 Å². The van der Waals surface area contributed by atoms with Crippen LogP contribution in [0.4, 0.5) is 0 Å². The van der Waals surface area contributed by atoms with Gasteiger partial charge in [0.05, 0.1) is 0 Å². The quantitative estimate of drug-likeness (QED) is 0.473. The maximum atomic E-state index is 3.95. The molecule has 0 saturated heterocycles. The second-order valence-electron chi connectivity index (χ2n) is 5.98. The number of hydrogen-bond acceptors (Lipinski definition) is 1. The van der Waals surface area contributed by atoms with Crippen molar-refractivity contribution < 1.29 is 0 Å². The molecule has 2 unspecified atom stereocenters. The number of rotatable bonds is 8. The van der Waals surface area contributed by atoms with Gasteiger partial charge in [-0.05, 0) is 37.8 Å². The Kier molecular flexibility index (Phi) is 6.73. The van der Waals surface area contributed by atoms with E-state index in [1.54, 1.807) is 0 Å². The summed E-state index contributed by atoms with van der Waals surface area (Å²) in [5.74, 6) is 0. The molecule has 0 bridgehead atoms. The maximum Gasteiger partial charge on any atom is 0.0337 e. The van der Waals surface area contributed by atoms with Gasteiger partial charge in [0.15, 0.2) is 0 Å². The van der Waals surface area contributed by atoms with E-state index < -0.39 is 0 Å². The van der Waals surface area contributed by atoms with E-state index in [0.29, 0.717) is 10.5 Å². The van der Waals surface area contributed by atoms with Crippen molar-refractivity contribution >= 4 is 11.8 Å². The molecular weight excluding hydrogens is 296 g/mol. The topological polar surface area (TPSA) is 0 Å². The lowest BCUT2D eigenvalue weighted by molar-refractivity contribution is 0.916. The van der Waals surface area contributed by atoms with Crippen molar-refractivity contribution in [1.29, 1.82) is 0 Å². The first-order valence-electron chi connectivity index (χ1n) is 8.14. The van der Waals surface area contributed by atoms with E-state index >= 15 is 0 Å². The lowest BCUT2D eigenvalue weighted by atomic mass is 10.1. The number of aryl methyl sites for hydroxylation is 2. The molecule has 0 amide bonds. The molecule has 0 heterocycles. The highest BCUT2D eigenvalue weighted by Crippen LogP contribution is 2.44. The Labute approximate surface area is 145 Å². The van der Waals surface area contributed by atoms with E-state index in [1.165, 1.54) is 22.3 Å². The van der Waals surface area contributed by atoms with E-state index in [2.05, 4.69) is 75.5 Å². The SMILES string of the molecule is C=CCC(SC(CC=C)c1ccc(C)cc1)c1ccc(C)cc1. The molecular formula is C22H26S. The molecule has 2 atom stereocenters. The molecule has 0 aliphatic rings. The van der Waals surface area contributed by atoms with Crippen LogP contribution in [0.15, 0.2) is 73.8 Å². The predicted molar refractivity (Wildman–Crippen MR) is 105 cm³/mol. The van der Waals surface area contributed by atoms with Crippen LogP contribution in [-0.2, 0) is 0 Å². The van der Waals surface area contributed by atoms with Crippen LogP contribution in [-0.4, -0.2) is 0 Å². The third-order valence-corrected chi connectivity index (χ3v) is 5.57. The maximum absolute atomic E-state index is 3.95. The van der Waals surface area contributed by atoms with Crippen molar-refractivity contribution in [2.45, 2.75) is 37.2 Å². The van der Waals surface area contributed by atoms with E-state index in [-0.39, 0.29) is 0 Å². The Morgan fingerprint density at radius 3 is 1.39 bits per heavy atom. The van der Waals surface area contributed by atoms with Gasteiger partial charge in [-0.15, -0.1) is 24.9 Å². The van der Waals surface area contributed by atoms with Crippen LogP contribution >= 0.6 is 11.8 Å². The molecule has 0 radical (unpaired) electrons. The molecule has 0 spiro atoms. The first-order chi connectivity index (χ1) is 11.1. The summed E-state index contributed by atoms with van der Waals surface area (Å²) < 4.78 is 0. The second kappa shape index (κ2) is 8.79. The monoisotopic (exact) mass is 322 g/mol. The molecule has 23 heavy (non-hydrogen) atoms. The van der Waals surface area contributed by atoms with Crippen LogP contribution in [0.2, 0.25) is 0 Å². The fourth-order valence-electron chi connectivity index (χ4n) is 2.60. The molecule has 0 fully saturated rings. The van der Waals surface area contributed by atoms with Gasteiger partial charge in [-0.1, -0.05) is 71.8 Å². The van der Waals surface area contributed by atoms with E-state index in [4.69, 9.17) is 0 Å². The molecule has 2 aromatic carbocycles. The minimum absolute atomic E-state index is 0.430. The number of allylic oxidation sites excluding steroid dienone is 2. The van der Waals surface area contributed by atoms with Crippen molar-refractivity contribution in [3.05, 3.63) is 96.1 Å². The lowest BCUT2D eigenvalue weighted by Gasteiger charge is -2.23. The summed E-state index contributed by atoms with van der Waals surface area (Å²) in [6.07, 6.45) is 6.01. The van der Waals surface area contributed by atoms with Crippen molar-refractivity contribution in [1.82, 2.24) is 0 Å². The fourth-order valence-corrected chi connectivity index (χ4v) is 4.12. The standard InChI is InChI=1S/C22H26S/c1-5-7-21(19-13-9-17(3)10-14-19)23-22(8-6-2)20-15-11-18(4)12-16-20/h5-6,9-16,21-22H,1-2,7-8H2,3-4H3. The molecule has 1 heteroatoms. The summed E-state index contributed by atoms with van der Waals surface area (Å²) in [7, 11) is 0. The number of hydrogen-bond donors (Lipinski definition) is 0. The molecule has 0 N–H and O–H groups in total. The zero-order valence-corrected chi connectivity index (χ0v) is 15.0. The minimum Gasteiger partial charge on any atom is -0.145 e. The van der Waals surface area contributed by atoms with Crippen molar-refractivity contribution in [2.75, 3.05) is 0 Å². The van der Waals surface area contributed by atoms with Crippen LogP contribution in [0.25, 0.3) is 0 Å². The second-order valence-corrected chi connectivity index (χ2v) is 7.39. The fraction of sp³-hybridized carbons (Fsp3) is 0.273. The molecule has 0 aromatic heterocycles. The van der Waals surface area contributed by atoms with Crippen LogP contribution in [0.1, 0.15) is 45.6 Å². The number of thioether (sulfide) groups is 1. The molecule has 0 saturated carbocycles. The highest BCUT2D eigenvalue weighted by Gasteiger charge is 2.18.